The fraction of sp³-hybridized carbons (Fsp3) is 0.350. The van der Waals surface area contributed by atoms with E-state index >= 15 is 0 Å². The molecule has 0 spiro atoms. The third-order valence-corrected chi connectivity index (χ3v) is 4.98. The average Bonchev–Trinajstić information content (AvgIpc) is 3.27. The molecule has 0 saturated heterocycles. The number of hydrogen-bond donors (Lipinski definition) is 1. The molecule has 5 nitrogen and oxygen atoms in total. The van der Waals surface area contributed by atoms with E-state index in [0.717, 1.165) is 25.7 Å². The molecule has 3 rings (SSSR count). The summed E-state index contributed by atoms with van der Waals surface area (Å²) >= 11 is 5.73. The summed E-state index contributed by atoms with van der Waals surface area (Å²) in [7, 11) is 0. The Bertz CT molecular complexity index is 899. The van der Waals surface area contributed by atoms with Gasteiger partial charge >= 0.3 is 0 Å². The number of hydrogen-bond acceptors (Lipinski definition) is 4. The second-order valence-electron chi connectivity index (χ2n) is 6.71. The number of Topliss-reactive ketones (excluding diaryl/α,β-unsaturated/α-hetero) is 2. The molecule has 2 aromatic rings. The Balaban J connectivity index is 1.70. The predicted molar refractivity (Wildman–Crippen MR) is 97.6 cm³/mol. The number of nitrogens with one attached hydrogen (secondary N) is 1. The van der Waals surface area contributed by atoms with Crippen LogP contribution in [-0.4, -0.2) is 23.5 Å². The molecule has 0 unspecified atom stereocenters. The van der Waals surface area contributed by atoms with E-state index in [4.69, 9.17) is 16.0 Å². The molecule has 1 amide bonds. The van der Waals surface area contributed by atoms with E-state index in [1.54, 1.807) is 6.92 Å². The normalized spacial score (nSPS) is 14.3. The van der Waals surface area contributed by atoms with Crippen molar-refractivity contribution in [3.63, 3.8) is 0 Å². The smallest absolute Gasteiger partial charge is 0.295 e. The van der Waals surface area contributed by atoms with Crippen LogP contribution in [0.25, 0.3) is 0 Å². The van der Waals surface area contributed by atoms with Crippen LogP contribution in [0.1, 0.15) is 57.9 Å². The molecule has 0 aliphatic heterocycles. The van der Waals surface area contributed by atoms with Crippen molar-refractivity contribution in [3.8, 4) is 0 Å². The first kappa shape index (κ1) is 19.3. The number of ketones is 2. The highest BCUT2D eigenvalue weighted by molar-refractivity contribution is 6.42. The Morgan fingerprint density at radius 2 is 1.93 bits per heavy atom. The molecule has 0 atom stereocenters. The number of aryl methyl sites for hydroxylation is 1. The molecule has 0 bridgehead atoms. The minimum Gasteiger partial charge on any atom is -0.457 e. The van der Waals surface area contributed by atoms with Gasteiger partial charge in [0.05, 0.1) is 10.6 Å². The Kier molecular flexibility index (Phi) is 5.75. The average molecular weight is 392 g/mol. The first-order chi connectivity index (χ1) is 12.8. The molecule has 1 heterocycles. The van der Waals surface area contributed by atoms with E-state index in [2.05, 4.69) is 5.32 Å². The zero-order valence-corrected chi connectivity index (χ0v) is 15.6. The highest BCUT2D eigenvalue weighted by Gasteiger charge is 2.26. The molecule has 1 aliphatic carbocycles. The molecule has 142 valence electrons. The minimum atomic E-state index is -0.797. The summed E-state index contributed by atoms with van der Waals surface area (Å²) in [5.41, 5.74) is 0.756. The Hall–Kier alpha value is -2.47. The summed E-state index contributed by atoms with van der Waals surface area (Å²) in [6, 6.07) is 5.34. The van der Waals surface area contributed by atoms with Crippen molar-refractivity contribution in [1.29, 1.82) is 0 Å². The van der Waals surface area contributed by atoms with Crippen molar-refractivity contribution in [2.45, 2.75) is 45.1 Å². The van der Waals surface area contributed by atoms with E-state index in [-0.39, 0.29) is 40.4 Å². The van der Waals surface area contributed by atoms with Crippen LogP contribution in [0.5, 0.6) is 0 Å². The van der Waals surface area contributed by atoms with Crippen molar-refractivity contribution >= 4 is 29.1 Å². The van der Waals surface area contributed by atoms with Crippen LogP contribution < -0.4 is 5.32 Å². The second kappa shape index (κ2) is 8.05. The summed E-state index contributed by atoms with van der Waals surface area (Å²) in [5, 5.41) is 2.64. The molecule has 1 aromatic carbocycles. The predicted octanol–water partition coefficient (Wildman–Crippen LogP) is 4.05. The standard InChI is InChI=1S/C20H19ClFNO4/c1-11-14(17(24)9-12-6-7-16(22)15(21)8-12)10-18(27-11)19(25)20(26)23-13-4-2-3-5-13/h6-8,10,13H,2-5,9H2,1H3,(H,23,26). The van der Waals surface area contributed by atoms with Crippen LogP contribution in [0, 0.1) is 12.7 Å². The van der Waals surface area contributed by atoms with Crippen molar-refractivity contribution in [3.05, 3.63) is 57.8 Å². The topological polar surface area (TPSA) is 76.4 Å². The molecular formula is C20H19ClFNO4. The molecule has 1 fully saturated rings. The number of carbonyl (C=O) groups is 3. The first-order valence-electron chi connectivity index (χ1n) is 8.78. The Morgan fingerprint density at radius 1 is 1.22 bits per heavy atom. The largest absolute Gasteiger partial charge is 0.457 e. The Labute approximate surface area is 160 Å². The third-order valence-electron chi connectivity index (χ3n) is 4.69. The highest BCUT2D eigenvalue weighted by Crippen LogP contribution is 2.21. The van der Waals surface area contributed by atoms with Crippen LogP contribution in [0.2, 0.25) is 5.02 Å². The first-order valence-corrected chi connectivity index (χ1v) is 9.15. The van der Waals surface area contributed by atoms with E-state index in [1.165, 1.54) is 24.3 Å². The minimum absolute atomic E-state index is 0.0156. The molecule has 7 heteroatoms. The maximum absolute atomic E-state index is 13.2. The lowest BCUT2D eigenvalue weighted by atomic mass is 10.0. The molecular weight excluding hydrogens is 373 g/mol. The van der Waals surface area contributed by atoms with Crippen LogP contribution >= 0.6 is 11.6 Å². The van der Waals surface area contributed by atoms with Crippen LogP contribution in [-0.2, 0) is 11.2 Å². The fourth-order valence-electron chi connectivity index (χ4n) is 3.23. The van der Waals surface area contributed by atoms with E-state index in [1.807, 2.05) is 0 Å². The SMILES string of the molecule is Cc1oc(C(=O)C(=O)NC2CCCC2)cc1C(=O)Cc1ccc(F)c(Cl)c1. The van der Waals surface area contributed by atoms with Gasteiger partial charge in [-0.3, -0.25) is 14.4 Å². The number of amides is 1. The summed E-state index contributed by atoms with van der Waals surface area (Å²) in [6.45, 7) is 1.55. The third kappa shape index (κ3) is 4.45. The number of halogens is 2. The van der Waals surface area contributed by atoms with E-state index in [9.17, 15) is 18.8 Å². The summed E-state index contributed by atoms with van der Waals surface area (Å²) in [5.74, 6) is -2.30. The van der Waals surface area contributed by atoms with Gasteiger partial charge in [-0.05, 0) is 43.5 Å². The molecule has 0 radical (unpaired) electrons. The number of carbonyl (C=O) groups excluding carboxylic acids is 3. The highest BCUT2D eigenvalue weighted by atomic mass is 35.5. The van der Waals surface area contributed by atoms with Crippen molar-refractivity contribution in [2.24, 2.45) is 0 Å². The van der Waals surface area contributed by atoms with Crippen molar-refractivity contribution in [1.82, 2.24) is 5.32 Å². The van der Waals surface area contributed by atoms with Gasteiger partial charge in [0.1, 0.15) is 11.6 Å². The monoisotopic (exact) mass is 391 g/mol. The second-order valence-corrected chi connectivity index (χ2v) is 7.12. The van der Waals surface area contributed by atoms with Crippen molar-refractivity contribution in [2.75, 3.05) is 0 Å². The lowest BCUT2D eigenvalue weighted by molar-refractivity contribution is -0.117. The van der Waals surface area contributed by atoms with Gasteiger partial charge in [-0.25, -0.2) is 4.39 Å². The quantitative estimate of drug-likeness (QED) is 0.595. The van der Waals surface area contributed by atoms with Crippen molar-refractivity contribution < 1.29 is 23.2 Å². The van der Waals surface area contributed by atoms with Gasteiger partial charge in [0.15, 0.2) is 11.5 Å². The van der Waals surface area contributed by atoms with Gasteiger partial charge in [0, 0.05) is 12.5 Å². The summed E-state index contributed by atoms with van der Waals surface area (Å²) in [6.07, 6.45) is 3.76. The lowest BCUT2D eigenvalue weighted by Crippen LogP contribution is -2.37. The van der Waals surface area contributed by atoms with Gasteiger partial charge in [0.2, 0.25) is 0 Å². The van der Waals surface area contributed by atoms with E-state index in [0.29, 0.717) is 5.56 Å². The Morgan fingerprint density at radius 3 is 2.59 bits per heavy atom. The molecule has 1 aromatic heterocycles. The van der Waals surface area contributed by atoms with Crippen LogP contribution in [0.4, 0.5) is 4.39 Å². The molecule has 27 heavy (non-hydrogen) atoms. The van der Waals surface area contributed by atoms with E-state index < -0.39 is 17.5 Å². The van der Waals surface area contributed by atoms with Crippen LogP contribution in [0.3, 0.4) is 0 Å². The molecule has 1 N–H and O–H groups in total. The lowest BCUT2D eigenvalue weighted by Gasteiger charge is -2.09. The van der Waals surface area contributed by atoms with Gasteiger partial charge in [-0.2, -0.15) is 0 Å². The maximum atomic E-state index is 13.2. The maximum Gasteiger partial charge on any atom is 0.295 e. The zero-order valence-electron chi connectivity index (χ0n) is 14.8. The van der Waals surface area contributed by atoms with Gasteiger partial charge in [0.25, 0.3) is 11.7 Å². The number of furan rings is 1. The fourth-order valence-corrected chi connectivity index (χ4v) is 3.44. The molecule has 1 aliphatic rings. The van der Waals surface area contributed by atoms with Crippen LogP contribution in [0.15, 0.2) is 28.7 Å². The summed E-state index contributed by atoms with van der Waals surface area (Å²) in [4.78, 5) is 36.9. The number of benzene rings is 1. The van der Waals surface area contributed by atoms with Gasteiger partial charge in [-0.1, -0.05) is 30.5 Å². The molecule has 1 saturated carbocycles. The summed E-state index contributed by atoms with van der Waals surface area (Å²) < 4.78 is 18.6. The van der Waals surface area contributed by atoms with Gasteiger partial charge < -0.3 is 9.73 Å². The van der Waals surface area contributed by atoms with Gasteiger partial charge in [-0.15, -0.1) is 0 Å². The zero-order chi connectivity index (χ0) is 19.6. The number of rotatable bonds is 6.